The first-order valence-corrected chi connectivity index (χ1v) is 10.1. The van der Waals surface area contributed by atoms with Gasteiger partial charge >= 0.3 is 5.69 Å². The van der Waals surface area contributed by atoms with Gasteiger partial charge in [-0.15, -0.1) is 0 Å². The van der Waals surface area contributed by atoms with E-state index in [4.69, 9.17) is 5.73 Å². The third kappa shape index (κ3) is 3.54. The van der Waals surface area contributed by atoms with Gasteiger partial charge in [-0.05, 0) is 17.5 Å². The van der Waals surface area contributed by atoms with Crippen molar-refractivity contribution >= 4 is 23.0 Å². The number of aryl methyl sites for hydroxylation is 2. The third-order valence-electron chi connectivity index (χ3n) is 5.90. The zero-order chi connectivity index (χ0) is 22.3. The summed E-state index contributed by atoms with van der Waals surface area (Å²) >= 11 is 0. The molecule has 1 aromatic carbocycles. The van der Waals surface area contributed by atoms with Gasteiger partial charge in [0.1, 0.15) is 6.04 Å². The van der Waals surface area contributed by atoms with Crippen molar-refractivity contribution in [3.05, 3.63) is 62.6 Å². The van der Waals surface area contributed by atoms with E-state index < -0.39 is 23.2 Å². The molecule has 0 saturated carbocycles. The number of aromatic nitrogens is 4. The Hall–Kier alpha value is -3.69. The SMILES string of the molecule is Cn1c(=O)c2c(ncn2CCCC(=O)N2Cc3ccccc3CC2C(N)=O)n(C)c1=O. The predicted molar refractivity (Wildman–Crippen MR) is 113 cm³/mol. The van der Waals surface area contributed by atoms with Crippen molar-refractivity contribution in [2.75, 3.05) is 0 Å². The molecule has 0 spiro atoms. The molecule has 1 aliphatic rings. The highest BCUT2D eigenvalue weighted by molar-refractivity contribution is 5.87. The molecule has 31 heavy (non-hydrogen) atoms. The molecule has 0 bridgehead atoms. The van der Waals surface area contributed by atoms with Crippen LogP contribution in [0, 0.1) is 0 Å². The number of primary amides is 1. The van der Waals surface area contributed by atoms with Crippen LogP contribution in [-0.4, -0.2) is 41.4 Å². The summed E-state index contributed by atoms with van der Waals surface area (Å²) in [5.74, 6) is -0.684. The van der Waals surface area contributed by atoms with Gasteiger partial charge in [-0.25, -0.2) is 9.78 Å². The fourth-order valence-electron chi connectivity index (χ4n) is 4.15. The summed E-state index contributed by atoms with van der Waals surface area (Å²) in [6.45, 7) is 0.723. The number of imidazole rings is 1. The maximum absolute atomic E-state index is 12.9. The van der Waals surface area contributed by atoms with Gasteiger partial charge in [0.05, 0.1) is 6.33 Å². The minimum atomic E-state index is -0.668. The Morgan fingerprint density at radius 3 is 2.55 bits per heavy atom. The van der Waals surface area contributed by atoms with Crippen molar-refractivity contribution in [1.29, 1.82) is 0 Å². The van der Waals surface area contributed by atoms with Crippen LogP contribution in [0.3, 0.4) is 0 Å². The average Bonchev–Trinajstić information content (AvgIpc) is 3.19. The van der Waals surface area contributed by atoms with Crippen molar-refractivity contribution in [3.8, 4) is 0 Å². The second-order valence-electron chi connectivity index (χ2n) is 7.83. The Labute approximate surface area is 177 Å². The topological polar surface area (TPSA) is 125 Å². The minimum Gasteiger partial charge on any atom is -0.368 e. The first-order chi connectivity index (χ1) is 14.8. The summed E-state index contributed by atoms with van der Waals surface area (Å²) in [5, 5.41) is 0. The van der Waals surface area contributed by atoms with Crippen LogP contribution in [0.2, 0.25) is 0 Å². The summed E-state index contributed by atoms with van der Waals surface area (Å²) < 4.78 is 4.01. The summed E-state index contributed by atoms with van der Waals surface area (Å²) in [5.41, 5.74) is 7.36. The molecular weight excluding hydrogens is 400 g/mol. The van der Waals surface area contributed by atoms with E-state index >= 15 is 0 Å². The molecule has 3 aromatic rings. The van der Waals surface area contributed by atoms with E-state index in [-0.39, 0.29) is 12.3 Å². The number of fused-ring (bicyclic) bond motifs is 2. The highest BCUT2D eigenvalue weighted by atomic mass is 16.2. The zero-order valence-electron chi connectivity index (χ0n) is 17.4. The molecule has 162 valence electrons. The van der Waals surface area contributed by atoms with Crippen LogP contribution in [0.15, 0.2) is 40.2 Å². The fraction of sp³-hybridized carbons (Fsp3) is 0.381. The van der Waals surface area contributed by atoms with Gasteiger partial charge in [-0.1, -0.05) is 24.3 Å². The Morgan fingerprint density at radius 1 is 1.13 bits per heavy atom. The number of carbonyl (C=O) groups is 2. The second kappa shape index (κ2) is 7.86. The van der Waals surface area contributed by atoms with E-state index in [9.17, 15) is 19.2 Å². The maximum Gasteiger partial charge on any atom is 0.332 e. The molecule has 1 atom stereocenters. The zero-order valence-corrected chi connectivity index (χ0v) is 17.4. The molecule has 0 aliphatic carbocycles. The lowest BCUT2D eigenvalue weighted by atomic mass is 9.93. The van der Waals surface area contributed by atoms with Crippen molar-refractivity contribution in [2.45, 2.75) is 38.4 Å². The second-order valence-corrected chi connectivity index (χ2v) is 7.83. The van der Waals surface area contributed by atoms with Crippen molar-refractivity contribution in [1.82, 2.24) is 23.6 Å². The number of nitrogens with zero attached hydrogens (tertiary/aromatic N) is 5. The minimum absolute atomic E-state index is 0.164. The summed E-state index contributed by atoms with van der Waals surface area (Å²) in [4.78, 5) is 55.2. The lowest BCUT2D eigenvalue weighted by Gasteiger charge is -2.35. The molecule has 0 fully saturated rings. The molecule has 1 aliphatic heterocycles. The van der Waals surface area contributed by atoms with Gasteiger partial charge < -0.3 is 15.2 Å². The number of carbonyl (C=O) groups excluding carboxylic acids is 2. The van der Waals surface area contributed by atoms with Crippen LogP contribution in [0.1, 0.15) is 24.0 Å². The average molecular weight is 424 g/mol. The van der Waals surface area contributed by atoms with E-state index in [1.165, 1.54) is 17.9 Å². The van der Waals surface area contributed by atoms with Crippen LogP contribution in [0.25, 0.3) is 11.2 Å². The molecule has 10 heteroatoms. The van der Waals surface area contributed by atoms with E-state index in [0.717, 1.165) is 15.7 Å². The third-order valence-corrected chi connectivity index (χ3v) is 5.90. The highest BCUT2D eigenvalue weighted by Crippen LogP contribution is 2.24. The van der Waals surface area contributed by atoms with Gasteiger partial charge in [0.2, 0.25) is 11.8 Å². The maximum atomic E-state index is 12.9. The van der Waals surface area contributed by atoms with E-state index in [1.807, 2.05) is 24.3 Å². The van der Waals surface area contributed by atoms with E-state index in [2.05, 4.69) is 4.98 Å². The Kier molecular flexibility index (Phi) is 5.22. The molecule has 10 nitrogen and oxygen atoms in total. The molecule has 2 N–H and O–H groups in total. The number of amides is 2. The van der Waals surface area contributed by atoms with Crippen LogP contribution in [0.4, 0.5) is 0 Å². The van der Waals surface area contributed by atoms with Crippen molar-refractivity contribution in [2.24, 2.45) is 19.8 Å². The number of benzene rings is 1. The predicted octanol–water partition coefficient (Wildman–Crippen LogP) is -0.347. The van der Waals surface area contributed by atoms with Crippen molar-refractivity contribution in [3.63, 3.8) is 0 Å². The molecular formula is C21H24N6O4. The number of rotatable bonds is 5. The van der Waals surface area contributed by atoms with Gasteiger partial charge in [0.25, 0.3) is 5.56 Å². The van der Waals surface area contributed by atoms with E-state index in [1.54, 1.807) is 16.5 Å². The molecule has 2 aromatic heterocycles. The first kappa shape index (κ1) is 20.6. The van der Waals surface area contributed by atoms with Crippen LogP contribution >= 0.6 is 0 Å². The molecule has 4 rings (SSSR count). The van der Waals surface area contributed by atoms with Gasteiger partial charge in [-0.2, -0.15) is 0 Å². The van der Waals surface area contributed by atoms with Gasteiger partial charge in [0, 0.05) is 40.0 Å². The summed E-state index contributed by atoms with van der Waals surface area (Å²) in [6.07, 6.45) is 2.55. The Bertz CT molecular complexity index is 1300. The van der Waals surface area contributed by atoms with Crippen molar-refractivity contribution < 1.29 is 9.59 Å². The van der Waals surface area contributed by atoms with E-state index in [0.29, 0.717) is 37.1 Å². The molecule has 2 amide bonds. The molecule has 0 saturated heterocycles. The Morgan fingerprint density at radius 2 is 1.84 bits per heavy atom. The first-order valence-electron chi connectivity index (χ1n) is 10.1. The lowest BCUT2D eigenvalue weighted by molar-refractivity contribution is -0.140. The Balaban J connectivity index is 1.50. The number of hydrogen-bond donors (Lipinski definition) is 1. The molecule has 3 heterocycles. The lowest BCUT2D eigenvalue weighted by Crippen LogP contribution is -2.51. The summed E-state index contributed by atoms with van der Waals surface area (Å²) in [7, 11) is 2.98. The number of hydrogen-bond acceptors (Lipinski definition) is 5. The van der Waals surface area contributed by atoms with Gasteiger partial charge in [0.15, 0.2) is 11.2 Å². The van der Waals surface area contributed by atoms with Crippen LogP contribution < -0.4 is 17.0 Å². The highest BCUT2D eigenvalue weighted by Gasteiger charge is 2.32. The fourth-order valence-corrected chi connectivity index (χ4v) is 4.15. The quantitative estimate of drug-likeness (QED) is 0.599. The standard InChI is InChI=1S/C21H24N6O4/c1-24-19-17(20(30)25(2)21(24)31)26(12-23-19)9-5-8-16(28)27-11-14-7-4-3-6-13(14)10-15(27)18(22)29/h3-4,6-7,12,15H,5,8-11H2,1-2H3,(H2,22,29). The largest absolute Gasteiger partial charge is 0.368 e. The summed E-state index contributed by atoms with van der Waals surface area (Å²) in [6, 6.07) is 7.04. The van der Waals surface area contributed by atoms with Crippen LogP contribution in [-0.2, 0) is 43.2 Å². The van der Waals surface area contributed by atoms with Crippen LogP contribution in [0.5, 0.6) is 0 Å². The monoisotopic (exact) mass is 424 g/mol. The normalized spacial score (nSPS) is 15.8. The van der Waals surface area contributed by atoms with Gasteiger partial charge in [-0.3, -0.25) is 23.5 Å². The molecule has 0 radical (unpaired) electrons. The molecule has 1 unspecified atom stereocenters. The smallest absolute Gasteiger partial charge is 0.332 e. The number of nitrogens with two attached hydrogens (primary N) is 1.